The molecule has 0 spiro atoms. The number of carbonyl (C=O) groups excluding carboxylic acids is 3. The minimum absolute atomic E-state index is 0.106. The molecule has 0 saturated heterocycles. The van der Waals surface area contributed by atoms with Gasteiger partial charge in [-0.2, -0.15) is 13.2 Å². The van der Waals surface area contributed by atoms with E-state index in [1.807, 2.05) is 0 Å². The summed E-state index contributed by atoms with van der Waals surface area (Å²) in [5.74, 6) is -2.30. The zero-order chi connectivity index (χ0) is 26.6. The maximum Gasteiger partial charge on any atom is 0.416 e. The number of halogens is 5. The molecule has 0 aromatic heterocycles. The van der Waals surface area contributed by atoms with Crippen molar-refractivity contribution in [1.29, 1.82) is 0 Å². The lowest BCUT2D eigenvalue weighted by Crippen LogP contribution is -2.44. The molecule has 1 unspecified atom stereocenters. The van der Waals surface area contributed by atoms with Crippen LogP contribution in [0.25, 0.3) is 0 Å². The van der Waals surface area contributed by atoms with E-state index in [2.05, 4.69) is 5.32 Å². The highest BCUT2D eigenvalue weighted by Crippen LogP contribution is 2.39. The lowest BCUT2D eigenvalue weighted by atomic mass is 9.83. The number of allylic oxidation sites excluding steroid dienone is 1. The maximum atomic E-state index is 13.0. The van der Waals surface area contributed by atoms with E-state index < -0.39 is 42.0 Å². The smallest absolute Gasteiger partial charge is 0.416 e. The van der Waals surface area contributed by atoms with Gasteiger partial charge in [0.25, 0.3) is 0 Å². The summed E-state index contributed by atoms with van der Waals surface area (Å²) < 4.78 is 44.0. The fraction of sp³-hybridized carbons (Fsp3) is 0.320. The molecule has 2 aromatic rings. The van der Waals surface area contributed by atoms with Crippen molar-refractivity contribution >= 4 is 41.0 Å². The highest BCUT2D eigenvalue weighted by atomic mass is 35.5. The minimum atomic E-state index is -4.50. The molecule has 0 radical (unpaired) electrons. The van der Waals surface area contributed by atoms with Gasteiger partial charge >= 0.3 is 12.1 Å². The van der Waals surface area contributed by atoms with Crippen LogP contribution in [0.1, 0.15) is 42.9 Å². The second-order valence-corrected chi connectivity index (χ2v) is 8.92. The van der Waals surface area contributed by atoms with E-state index in [4.69, 9.17) is 27.9 Å². The molecule has 2 aromatic carbocycles. The Hall–Kier alpha value is -3.04. The molecule has 192 valence electrons. The fourth-order valence-corrected chi connectivity index (χ4v) is 4.25. The van der Waals surface area contributed by atoms with Crippen LogP contribution >= 0.6 is 23.2 Å². The zero-order valence-electron chi connectivity index (χ0n) is 19.4. The molecule has 0 bridgehead atoms. The number of nitrogens with zero attached hydrogens (tertiary/aromatic N) is 1. The third kappa shape index (κ3) is 6.39. The molecular weight excluding hydrogens is 520 g/mol. The van der Waals surface area contributed by atoms with Gasteiger partial charge in [0.05, 0.1) is 27.8 Å². The van der Waals surface area contributed by atoms with Crippen LogP contribution in [0.3, 0.4) is 0 Å². The van der Waals surface area contributed by atoms with Gasteiger partial charge in [0, 0.05) is 24.6 Å². The summed E-state index contributed by atoms with van der Waals surface area (Å²) in [7, 11) is 0. The summed E-state index contributed by atoms with van der Waals surface area (Å²) in [5, 5.41) is 3.10. The number of esters is 1. The van der Waals surface area contributed by atoms with E-state index in [1.54, 1.807) is 25.1 Å². The molecular formula is C25H23Cl2F3N2O4. The van der Waals surface area contributed by atoms with Crippen molar-refractivity contribution in [2.24, 2.45) is 0 Å². The van der Waals surface area contributed by atoms with Crippen molar-refractivity contribution in [1.82, 2.24) is 10.2 Å². The first-order chi connectivity index (χ1) is 16.9. The SMILES string of the molecule is CCOC(=O)C1=C(C)N(CC(=O)NCc2cccc(C(F)(F)F)c2)C(=O)CC1c1ccc(Cl)c(Cl)c1. The van der Waals surface area contributed by atoms with Crippen molar-refractivity contribution in [2.75, 3.05) is 13.2 Å². The van der Waals surface area contributed by atoms with Crippen molar-refractivity contribution in [3.05, 3.63) is 80.5 Å². The predicted molar refractivity (Wildman–Crippen MR) is 128 cm³/mol. The Labute approximate surface area is 216 Å². The van der Waals surface area contributed by atoms with Crippen molar-refractivity contribution in [3.63, 3.8) is 0 Å². The van der Waals surface area contributed by atoms with Gasteiger partial charge < -0.3 is 15.0 Å². The Morgan fingerprint density at radius 2 is 1.86 bits per heavy atom. The van der Waals surface area contributed by atoms with Crippen LogP contribution in [0, 0.1) is 0 Å². The number of alkyl halides is 3. The van der Waals surface area contributed by atoms with Crippen LogP contribution in [0.4, 0.5) is 13.2 Å². The molecule has 1 atom stereocenters. The lowest BCUT2D eigenvalue weighted by Gasteiger charge is -2.34. The molecule has 1 heterocycles. The number of carbonyl (C=O) groups is 3. The highest BCUT2D eigenvalue weighted by Gasteiger charge is 2.37. The molecule has 1 N–H and O–H groups in total. The number of rotatable bonds is 7. The van der Waals surface area contributed by atoms with Gasteiger partial charge in [-0.25, -0.2) is 4.79 Å². The molecule has 1 aliphatic rings. The standard InChI is InChI=1S/C25H23Cl2F3N2O4/c1-3-36-24(35)23-14(2)32(22(34)11-18(23)16-7-8-19(26)20(27)10-16)13-21(33)31-12-15-5-4-6-17(9-15)25(28,29)30/h4-10,18H,3,11-13H2,1-2H3,(H,31,33). The quantitative estimate of drug-likeness (QED) is 0.470. The first kappa shape index (κ1) is 27.5. The molecule has 6 nitrogen and oxygen atoms in total. The topological polar surface area (TPSA) is 75.7 Å². The maximum absolute atomic E-state index is 13.0. The van der Waals surface area contributed by atoms with Crippen LogP contribution < -0.4 is 5.32 Å². The molecule has 3 rings (SSSR count). The Morgan fingerprint density at radius 1 is 1.14 bits per heavy atom. The monoisotopic (exact) mass is 542 g/mol. The first-order valence-corrected chi connectivity index (χ1v) is 11.7. The molecule has 11 heteroatoms. The third-order valence-corrected chi connectivity index (χ3v) is 6.45. The molecule has 0 fully saturated rings. The summed E-state index contributed by atoms with van der Waals surface area (Å²) in [6.07, 6.45) is -4.62. The molecule has 0 aliphatic carbocycles. The largest absolute Gasteiger partial charge is 0.463 e. The second-order valence-electron chi connectivity index (χ2n) is 8.10. The summed E-state index contributed by atoms with van der Waals surface area (Å²) in [4.78, 5) is 39.6. The second kappa shape index (κ2) is 11.3. The number of hydrogen-bond acceptors (Lipinski definition) is 4. The van der Waals surface area contributed by atoms with E-state index in [9.17, 15) is 27.6 Å². The molecule has 36 heavy (non-hydrogen) atoms. The van der Waals surface area contributed by atoms with Crippen molar-refractivity contribution in [2.45, 2.75) is 38.9 Å². The molecule has 1 aliphatic heterocycles. The van der Waals surface area contributed by atoms with Gasteiger partial charge in [-0.05, 0) is 49.2 Å². The molecule has 2 amide bonds. The average Bonchev–Trinajstić information content (AvgIpc) is 2.81. The van der Waals surface area contributed by atoms with Crippen LogP contribution in [0.2, 0.25) is 10.0 Å². The summed E-state index contributed by atoms with van der Waals surface area (Å²) in [5.41, 5.74) is 0.471. The number of ether oxygens (including phenoxy) is 1. The summed E-state index contributed by atoms with van der Waals surface area (Å²) in [6, 6.07) is 9.39. The number of benzene rings is 2. The number of hydrogen-bond donors (Lipinski definition) is 1. The summed E-state index contributed by atoms with van der Waals surface area (Å²) in [6.45, 7) is 2.71. The van der Waals surface area contributed by atoms with Crippen LogP contribution in [0.15, 0.2) is 53.7 Å². The van der Waals surface area contributed by atoms with Crippen LogP contribution in [0.5, 0.6) is 0 Å². The van der Waals surface area contributed by atoms with Crippen LogP contribution in [-0.2, 0) is 31.8 Å². The van der Waals surface area contributed by atoms with E-state index >= 15 is 0 Å². The van der Waals surface area contributed by atoms with Gasteiger partial charge in [0.15, 0.2) is 0 Å². The molecule has 0 saturated carbocycles. The van der Waals surface area contributed by atoms with E-state index in [-0.39, 0.29) is 41.4 Å². The van der Waals surface area contributed by atoms with E-state index in [0.717, 1.165) is 12.1 Å². The predicted octanol–water partition coefficient (Wildman–Crippen LogP) is 5.48. The Kier molecular flexibility index (Phi) is 8.68. The number of amides is 2. The van der Waals surface area contributed by atoms with Gasteiger partial charge in [0.2, 0.25) is 11.8 Å². The van der Waals surface area contributed by atoms with Gasteiger partial charge in [-0.3, -0.25) is 9.59 Å². The van der Waals surface area contributed by atoms with E-state index in [1.165, 1.54) is 24.0 Å². The Bertz CT molecular complexity index is 1210. The highest BCUT2D eigenvalue weighted by molar-refractivity contribution is 6.42. The summed E-state index contributed by atoms with van der Waals surface area (Å²) >= 11 is 12.1. The Balaban J connectivity index is 1.82. The van der Waals surface area contributed by atoms with Crippen molar-refractivity contribution in [3.8, 4) is 0 Å². The zero-order valence-corrected chi connectivity index (χ0v) is 20.9. The van der Waals surface area contributed by atoms with Crippen LogP contribution in [-0.4, -0.2) is 35.8 Å². The normalized spacial score (nSPS) is 16.2. The lowest BCUT2D eigenvalue weighted by molar-refractivity contribution is -0.141. The fourth-order valence-electron chi connectivity index (χ4n) is 3.95. The Morgan fingerprint density at radius 3 is 2.50 bits per heavy atom. The van der Waals surface area contributed by atoms with Gasteiger partial charge in [-0.1, -0.05) is 41.4 Å². The van der Waals surface area contributed by atoms with Gasteiger partial charge in [-0.15, -0.1) is 0 Å². The van der Waals surface area contributed by atoms with E-state index in [0.29, 0.717) is 10.6 Å². The van der Waals surface area contributed by atoms with Gasteiger partial charge in [0.1, 0.15) is 6.54 Å². The third-order valence-electron chi connectivity index (χ3n) is 5.71. The van der Waals surface area contributed by atoms with Crippen molar-refractivity contribution < 1.29 is 32.3 Å². The number of nitrogens with one attached hydrogen (secondary N) is 1. The minimum Gasteiger partial charge on any atom is -0.463 e. The average molecular weight is 543 g/mol. The first-order valence-electron chi connectivity index (χ1n) is 11.0.